The summed E-state index contributed by atoms with van der Waals surface area (Å²) in [4.78, 5) is 15.7. The van der Waals surface area contributed by atoms with E-state index < -0.39 is 0 Å². The van der Waals surface area contributed by atoms with Gasteiger partial charge in [-0.05, 0) is 55.5 Å². The second-order valence-corrected chi connectivity index (χ2v) is 8.18. The minimum Gasteiger partial charge on any atom is -0.268 e. The molecule has 5 nitrogen and oxygen atoms in total. The number of nitrogens with zero attached hydrogens (tertiary/aromatic N) is 4. The number of thiophene rings is 1. The average molecular weight is 405 g/mol. The van der Waals surface area contributed by atoms with Gasteiger partial charge in [0.2, 0.25) is 5.78 Å². The highest BCUT2D eigenvalue weighted by Crippen LogP contribution is 2.35. The zero-order chi connectivity index (χ0) is 17.8. The molecule has 0 fully saturated rings. The molecular weight excluding hydrogens is 391 g/mol. The molecule has 0 amide bonds. The highest BCUT2D eigenvalue weighted by Gasteiger charge is 2.25. The van der Waals surface area contributed by atoms with Crippen LogP contribution in [0.5, 0.6) is 0 Å². The van der Waals surface area contributed by atoms with Crippen molar-refractivity contribution in [2.45, 2.75) is 31.6 Å². The van der Waals surface area contributed by atoms with Gasteiger partial charge >= 0.3 is 0 Å². The van der Waals surface area contributed by atoms with E-state index in [-0.39, 0.29) is 11.4 Å². The number of halogens is 2. The second kappa shape index (κ2) is 6.08. The maximum absolute atomic E-state index is 13.5. The normalized spacial score (nSPS) is 14.2. The largest absolute Gasteiger partial charge is 0.268 e. The first-order chi connectivity index (χ1) is 12.7. The topological polar surface area (TPSA) is 52.2 Å². The molecule has 1 aliphatic carbocycles. The summed E-state index contributed by atoms with van der Waals surface area (Å²) in [6, 6.07) is 7.19. The molecule has 0 spiro atoms. The van der Waals surface area contributed by atoms with E-state index in [2.05, 4.69) is 10.2 Å². The third-order valence-electron chi connectivity index (χ3n) is 4.89. The molecule has 5 rings (SSSR count). The molecule has 1 aromatic carbocycles. The monoisotopic (exact) mass is 404 g/mol. The Morgan fingerprint density at radius 2 is 1.88 bits per heavy atom. The first-order valence-corrected chi connectivity index (χ1v) is 10.2. The summed E-state index contributed by atoms with van der Waals surface area (Å²) in [5.74, 6) is 1.37. The Morgan fingerprint density at radius 1 is 1.12 bits per heavy atom. The fourth-order valence-electron chi connectivity index (χ4n) is 3.70. The summed E-state index contributed by atoms with van der Waals surface area (Å²) in [5.41, 5.74) is 1.85. The minimum atomic E-state index is -0.0530. The highest BCUT2D eigenvalue weighted by atomic mass is 35.5. The number of alkyl halides is 1. The molecule has 0 N–H and O–H groups in total. The Bertz CT molecular complexity index is 1210. The number of rotatable bonds is 2. The van der Waals surface area contributed by atoms with E-state index in [0.717, 1.165) is 35.2 Å². The summed E-state index contributed by atoms with van der Waals surface area (Å²) in [6.07, 6.45) is 4.24. The fourth-order valence-corrected chi connectivity index (χ4v) is 5.40. The quantitative estimate of drug-likeness (QED) is 0.466. The van der Waals surface area contributed by atoms with E-state index >= 15 is 0 Å². The van der Waals surface area contributed by atoms with Crippen molar-refractivity contribution in [2.24, 2.45) is 0 Å². The predicted octanol–water partition coefficient (Wildman–Crippen LogP) is 4.37. The lowest BCUT2D eigenvalue weighted by Crippen LogP contribution is -2.22. The number of aryl methyl sites for hydroxylation is 2. The summed E-state index contributed by atoms with van der Waals surface area (Å²) >= 11 is 13.8. The van der Waals surface area contributed by atoms with E-state index in [9.17, 15) is 4.79 Å². The van der Waals surface area contributed by atoms with Crippen molar-refractivity contribution in [1.29, 1.82) is 0 Å². The molecule has 3 heterocycles. The van der Waals surface area contributed by atoms with Crippen molar-refractivity contribution in [1.82, 2.24) is 19.2 Å². The molecule has 4 aromatic rings. The van der Waals surface area contributed by atoms with Crippen LogP contribution < -0.4 is 5.56 Å². The van der Waals surface area contributed by atoms with Gasteiger partial charge in [-0.1, -0.05) is 11.6 Å². The predicted molar refractivity (Wildman–Crippen MR) is 105 cm³/mol. The van der Waals surface area contributed by atoms with E-state index in [1.165, 1.54) is 16.9 Å². The van der Waals surface area contributed by atoms with Gasteiger partial charge < -0.3 is 0 Å². The third-order valence-corrected chi connectivity index (χ3v) is 6.66. The van der Waals surface area contributed by atoms with Gasteiger partial charge in [-0.2, -0.15) is 0 Å². The Labute approximate surface area is 162 Å². The highest BCUT2D eigenvalue weighted by molar-refractivity contribution is 7.18. The van der Waals surface area contributed by atoms with Crippen LogP contribution in [0.2, 0.25) is 5.02 Å². The lowest BCUT2D eigenvalue weighted by Gasteiger charge is -2.12. The van der Waals surface area contributed by atoms with Gasteiger partial charge in [0.25, 0.3) is 5.56 Å². The summed E-state index contributed by atoms with van der Waals surface area (Å²) < 4.78 is 3.55. The lowest BCUT2D eigenvalue weighted by atomic mass is 9.97. The SMILES string of the molecule is O=c1c2c3c(sc2n2c(CCl)nnc2n1-c1ccc(Cl)cc1)CCCC3. The minimum absolute atomic E-state index is 0.0530. The number of benzene rings is 1. The summed E-state index contributed by atoms with van der Waals surface area (Å²) in [6.45, 7) is 0. The summed E-state index contributed by atoms with van der Waals surface area (Å²) in [7, 11) is 0. The maximum Gasteiger partial charge on any atom is 0.268 e. The van der Waals surface area contributed by atoms with Gasteiger partial charge in [0.15, 0.2) is 5.82 Å². The Hall–Kier alpha value is -1.89. The fraction of sp³-hybridized carbons (Fsp3) is 0.278. The molecule has 26 heavy (non-hydrogen) atoms. The van der Waals surface area contributed by atoms with Crippen molar-refractivity contribution < 1.29 is 0 Å². The number of hydrogen-bond acceptors (Lipinski definition) is 4. The molecule has 0 bridgehead atoms. The van der Waals surface area contributed by atoms with Crippen LogP contribution in [-0.2, 0) is 18.7 Å². The van der Waals surface area contributed by atoms with Gasteiger partial charge in [-0.25, -0.2) is 4.57 Å². The van der Waals surface area contributed by atoms with E-state index in [1.807, 2.05) is 16.5 Å². The molecule has 0 saturated carbocycles. The first-order valence-electron chi connectivity index (χ1n) is 8.44. The Kier molecular flexibility index (Phi) is 3.81. The van der Waals surface area contributed by atoms with E-state index in [4.69, 9.17) is 23.2 Å². The van der Waals surface area contributed by atoms with Crippen molar-refractivity contribution >= 4 is 50.5 Å². The first kappa shape index (κ1) is 16.3. The molecule has 132 valence electrons. The van der Waals surface area contributed by atoms with Crippen LogP contribution in [-0.4, -0.2) is 19.2 Å². The van der Waals surface area contributed by atoms with E-state index in [0.29, 0.717) is 16.6 Å². The van der Waals surface area contributed by atoms with Crippen LogP contribution in [0.15, 0.2) is 29.1 Å². The molecule has 0 aliphatic heterocycles. The Morgan fingerprint density at radius 3 is 2.65 bits per heavy atom. The van der Waals surface area contributed by atoms with Gasteiger partial charge in [-0.3, -0.25) is 9.20 Å². The molecular formula is C18H14Cl2N4OS. The second-order valence-electron chi connectivity index (χ2n) is 6.39. The molecule has 1 aliphatic rings. The van der Waals surface area contributed by atoms with E-state index in [1.54, 1.807) is 28.0 Å². The third kappa shape index (κ3) is 2.25. The smallest absolute Gasteiger partial charge is 0.268 e. The molecule has 0 atom stereocenters. The van der Waals surface area contributed by atoms with Crippen LogP contribution in [0.3, 0.4) is 0 Å². The van der Waals surface area contributed by atoms with Crippen molar-refractivity contribution in [3.8, 4) is 5.69 Å². The van der Waals surface area contributed by atoms with Gasteiger partial charge in [-0.15, -0.1) is 33.1 Å². The molecule has 0 radical (unpaired) electrons. The summed E-state index contributed by atoms with van der Waals surface area (Å²) in [5, 5.41) is 9.88. The van der Waals surface area contributed by atoms with Crippen molar-refractivity contribution in [2.75, 3.05) is 0 Å². The lowest BCUT2D eigenvalue weighted by molar-refractivity contribution is 0.699. The van der Waals surface area contributed by atoms with Crippen LogP contribution in [0, 0.1) is 0 Å². The van der Waals surface area contributed by atoms with Gasteiger partial charge in [0.1, 0.15) is 4.83 Å². The van der Waals surface area contributed by atoms with Crippen LogP contribution in [0.1, 0.15) is 29.1 Å². The van der Waals surface area contributed by atoms with Crippen molar-refractivity contribution in [3.05, 3.63) is 55.9 Å². The number of fused-ring (bicyclic) bond motifs is 5. The average Bonchev–Trinajstić information content (AvgIpc) is 3.24. The van der Waals surface area contributed by atoms with Gasteiger partial charge in [0, 0.05) is 9.90 Å². The standard InChI is InChI=1S/C18H14Cl2N4OS/c19-9-14-21-22-18-23(11-7-5-10(20)6-8-11)16(25)15-12-3-1-2-4-13(12)26-17(15)24(14)18/h5-8H,1-4,9H2. The molecule has 0 saturated heterocycles. The van der Waals surface area contributed by atoms with Crippen LogP contribution in [0.4, 0.5) is 0 Å². The van der Waals surface area contributed by atoms with Crippen molar-refractivity contribution in [3.63, 3.8) is 0 Å². The number of aromatic nitrogens is 4. The van der Waals surface area contributed by atoms with Crippen LogP contribution >= 0.6 is 34.5 Å². The zero-order valence-corrected chi connectivity index (χ0v) is 16.0. The molecule has 8 heteroatoms. The molecule has 3 aromatic heterocycles. The molecule has 0 unspecified atom stereocenters. The van der Waals surface area contributed by atoms with Crippen LogP contribution in [0.25, 0.3) is 21.7 Å². The number of hydrogen-bond donors (Lipinski definition) is 0. The zero-order valence-electron chi connectivity index (χ0n) is 13.7. The maximum atomic E-state index is 13.5. The Balaban J connectivity index is 1.98. The van der Waals surface area contributed by atoms with Gasteiger partial charge in [0.05, 0.1) is 17.0 Å².